The zero-order valence-electron chi connectivity index (χ0n) is 9.92. The largest absolute Gasteiger partial charge is 0.326 e. The maximum absolute atomic E-state index is 11.5. The van der Waals surface area contributed by atoms with Crippen LogP contribution in [0.5, 0.6) is 0 Å². The lowest BCUT2D eigenvalue weighted by molar-refractivity contribution is -0.116. The summed E-state index contributed by atoms with van der Waals surface area (Å²) in [7, 11) is 0. The highest BCUT2D eigenvalue weighted by Crippen LogP contribution is 2.21. The predicted octanol–water partition coefficient (Wildman–Crippen LogP) is 2.85. The normalized spacial score (nSPS) is 9.62. The van der Waals surface area contributed by atoms with Gasteiger partial charge in [-0.25, -0.2) is 0 Å². The Kier molecular flexibility index (Phi) is 4.07. The zero-order chi connectivity index (χ0) is 12.1. The summed E-state index contributed by atoms with van der Waals surface area (Å²) in [6, 6.07) is 5.85. The van der Waals surface area contributed by atoms with Crippen LogP contribution in [-0.2, 0) is 4.79 Å². The molecule has 0 atom stereocenters. The van der Waals surface area contributed by atoms with Crippen molar-refractivity contribution in [1.82, 2.24) is 0 Å². The van der Waals surface area contributed by atoms with Crippen LogP contribution < -0.4 is 5.32 Å². The number of anilines is 1. The molecule has 0 radical (unpaired) electrons. The lowest BCUT2D eigenvalue weighted by Gasteiger charge is -2.11. The van der Waals surface area contributed by atoms with E-state index in [1.165, 1.54) is 11.1 Å². The second-order valence-corrected chi connectivity index (χ2v) is 3.89. The van der Waals surface area contributed by atoms with Crippen LogP contribution in [0.4, 0.5) is 5.69 Å². The van der Waals surface area contributed by atoms with Crippen molar-refractivity contribution < 1.29 is 4.79 Å². The minimum Gasteiger partial charge on any atom is -0.326 e. The van der Waals surface area contributed by atoms with Gasteiger partial charge in [-0.1, -0.05) is 6.07 Å². The Morgan fingerprint density at radius 3 is 2.62 bits per heavy atom. The van der Waals surface area contributed by atoms with Crippen molar-refractivity contribution in [2.24, 2.45) is 0 Å². The van der Waals surface area contributed by atoms with Crippen molar-refractivity contribution in [3.8, 4) is 6.07 Å². The Morgan fingerprint density at radius 1 is 1.31 bits per heavy atom. The highest BCUT2D eigenvalue weighted by atomic mass is 16.1. The van der Waals surface area contributed by atoms with Gasteiger partial charge in [-0.15, -0.1) is 0 Å². The molecule has 0 heterocycles. The molecule has 16 heavy (non-hydrogen) atoms. The Labute approximate surface area is 96.1 Å². The van der Waals surface area contributed by atoms with Gasteiger partial charge in [-0.3, -0.25) is 4.79 Å². The smallest absolute Gasteiger partial charge is 0.225 e. The van der Waals surface area contributed by atoms with Gasteiger partial charge in [-0.2, -0.15) is 5.26 Å². The van der Waals surface area contributed by atoms with E-state index < -0.39 is 0 Å². The van der Waals surface area contributed by atoms with E-state index in [9.17, 15) is 4.79 Å². The average Bonchev–Trinajstić information content (AvgIpc) is 2.27. The fraction of sp³-hybridized carbons (Fsp3) is 0.385. The van der Waals surface area contributed by atoms with Crippen LogP contribution in [0.3, 0.4) is 0 Å². The van der Waals surface area contributed by atoms with Crippen LogP contribution in [0.2, 0.25) is 0 Å². The summed E-state index contributed by atoms with van der Waals surface area (Å²) >= 11 is 0. The van der Waals surface area contributed by atoms with Gasteiger partial charge in [0.05, 0.1) is 6.07 Å². The number of carbonyl (C=O) groups is 1. The molecule has 84 valence electrons. The number of rotatable bonds is 3. The number of nitrogens with zero attached hydrogens (tertiary/aromatic N) is 1. The summed E-state index contributed by atoms with van der Waals surface area (Å²) in [5.74, 6) is -0.104. The van der Waals surface area contributed by atoms with E-state index in [-0.39, 0.29) is 18.7 Å². The molecule has 1 amide bonds. The molecule has 0 unspecified atom stereocenters. The molecule has 0 bridgehead atoms. The highest BCUT2D eigenvalue weighted by molar-refractivity contribution is 5.91. The van der Waals surface area contributed by atoms with Gasteiger partial charge in [0.1, 0.15) is 0 Å². The number of amides is 1. The second kappa shape index (κ2) is 5.32. The number of aryl methyl sites for hydroxylation is 1. The Hall–Kier alpha value is -1.82. The minimum absolute atomic E-state index is 0.104. The summed E-state index contributed by atoms with van der Waals surface area (Å²) in [5.41, 5.74) is 4.34. The Morgan fingerprint density at radius 2 is 2.00 bits per heavy atom. The van der Waals surface area contributed by atoms with Crippen LogP contribution in [0.25, 0.3) is 0 Å². The van der Waals surface area contributed by atoms with Gasteiger partial charge in [0.15, 0.2) is 0 Å². The molecule has 0 fully saturated rings. The molecule has 1 aromatic carbocycles. The molecule has 0 spiro atoms. The quantitative estimate of drug-likeness (QED) is 0.844. The molecule has 3 heteroatoms. The summed E-state index contributed by atoms with van der Waals surface area (Å²) in [6.45, 7) is 6.07. The zero-order valence-corrected chi connectivity index (χ0v) is 9.92. The fourth-order valence-corrected chi connectivity index (χ4v) is 1.47. The monoisotopic (exact) mass is 216 g/mol. The molecular weight excluding hydrogens is 200 g/mol. The SMILES string of the molecule is Cc1ccc(NC(=O)CCC#N)c(C)c1C. The molecular formula is C13H16N2O. The van der Waals surface area contributed by atoms with Crippen molar-refractivity contribution in [2.45, 2.75) is 33.6 Å². The molecule has 1 N–H and O–H groups in total. The van der Waals surface area contributed by atoms with Crippen LogP contribution in [0, 0.1) is 32.1 Å². The first-order chi connectivity index (χ1) is 7.56. The lowest BCUT2D eigenvalue weighted by Crippen LogP contribution is -2.12. The van der Waals surface area contributed by atoms with Crippen LogP contribution in [-0.4, -0.2) is 5.91 Å². The number of benzene rings is 1. The number of hydrogen-bond donors (Lipinski definition) is 1. The van der Waals surface area contributed by atoms with Gasteiger partial charge in [0.25, 0.3) is 0 Å². The van der Waals surface area contributed by atoms with E-state index in [1.54, 1.807) is 0 Å². The van der Waals surface area contributed by atoms with Gasteiger partial charge >= 0.3 is 0 Å². The lowest BCUT2D eigenvalue weighted by atomic mass is 10.0. The Bertz CT molecular complexity index is 444. The minimum atomic E-state index is -0.104. The van der Waals surface area contributed by atoms with E-state index in [2.05, 4.69) is 5.32 Å². The molecule has 0 aliphatic carbocycles. The number of nitriles is 1. The predicted molar refractivity (Wildman–Crippen MR) is 64.1 cm³/mol. The molecule has 1 aromatic rings. The molecule has 0 saturated carbocycles. The molecule has 0 aromatic heterocycles. The number of nitrogens with one attached hydrogen (secondary N) is 1. The molecule has 1 rings (SSSR count). The van der Waals surface area contributed by atoms with Crippen LogP contribution in [0.1, 0.15) is 29.5 Å². The maximum atomic E-state index is 11.5. The first-order valence-corrected chi connectivity index (χ1v) is 5.30. The van der Waals surface area contributed by atoms with E-state index >= 15 is 0 Å². The highest BCUT2D eigenvalue weighted by Gasteiger charge is 2.06. The summed E-state index contributed by atoms with van der Waals surface area (Å²) < 4.78 is 0. The molecule has 0 aliphatic heterocycles. The maximum Gasteiger partial charge on any atom is 0.225 e. The van der Waals surface area contributed by atoms with E-state index in [0.29, 0.717) is 0 Å². The molecule has 3 nitrogen and oxygen atoms in total. The van der Waals surface area contributed by atoms with Crippen molar-refractivity contribution in [2.75, 3.05) is 5.32 Å². The van der Waals surface area contributed by atoms with Crippen molar-refractivity contribution in [3.63, 3.8) is 0 Å². The average molecular weight is 216 g/mol. The van der Waals surface area contributed by atoms with Crippen molar-refractivity contribution in [1.29, 1.82) is 5.26 Å². The van der Waals surface area contributed by atoms with Crippen LogP contribution >= 0.6 is 0 Å². The van der Waals surface area contributed by atoms with Crippen molar-refractivity contribution >= 4 is 11.6 Å². The Balaban J connectivity index is 2.79. The number of hydrogen-bond acceptors (Lipinski definition) is 2. The van der Waals surface area contributed by atoms with Crippen LogP contribution in [0.15, 0.2) is 12.1 Å². The first kappa shape index (κ1) is 12.3. The van der Waals surface area contributed by atoms with E-state index in [0.717, 1.165) is 11.3 Å². The molecule has 0 saturated heterocycles. The third-order valence-corrected chi connectivity index (χ3v) is 2.80. The number of carbonyl (C=O) groups excluding carboxylic acids is 1. The standard InChI is InChI=1S/C13H16N2O/c1-9-6-7-12(11(3)10(9)2)15-13(16)5-4-8-14/h6-7H,4-5H2,1-3H3,(H,15,16). The first-order valence-electron chi connectivity index (χ1n) is 5.30. The fourth-order valence-electron chi connectivity index (χ4n) is 1.47. The van der Waals surface area contributed by atoms with Gasteiger partial charge in [-0.05, 0) is 43.5 Å². The summed E-state index contributed by atoms with van der Waals surface area (Å²) in [6.07, 6.45) is 0.512. The second-order valence-electron chi connectivity index (χ2n) is 3.89. The van der Waals surface area contributed by atoms with Gasteiger partial charge in [0, 0.05) is 18.5 Å². The summed E-state index contributed by atoms with van der Waals surface area (Å²) in [4.78, 5) is 11.5. The van der Waals surface area contributed by atoms with Gasteiger partial charge in [0.2, 0.25) is 5.91 Å². The van der Waals surface area contributed by atoms with E-state index in [4.69, 9.17) is 5.26 Å². The third-order valence-electron chi connectivity index (χ3n) is 2.80. The summed E-state index contributed by atoms with van der Waals surface area (Å²) in [5, 5.41) is 11.2. The van der Waals surface area contributed by atoms with E-state index in [1.807, 2.05) is 39.0 Å². The third kappa shape index (κ3) is 2.83. The van der Waals surface area contributed by atoms with Crippen molar-refractivity contribution in [3.05, 3.63) is 28.8 Å². The van der Waals surface area contributed by atoms with Gasteiger partial charge < -0.3 is 5.32 Å². The molecule has 0 aliphatic rings. The topological polar surface area (TPSA) is 52.9 Å².